The Kier molecular flexibility index (Phi) is 4.02. The molecule has 0 bridgehead atoms. The Morgan fingerprint density at radius 3 is 3.06 bits per heavy atom. The summed E-state index contributed by atoms with van der Waals surface area (Å²) in [7, 11) is 0. The average Bonchev–Trinajstić information content (AvgIpc) is 2.82. The number of carbonyl (C=O) groups is 1. The number of aromatic amines is 1. The summed E-state index contributed by atoms with van der Waals surface area (Å²) in [4.78, 5) is 14.9. The summed E-state index contributed by atoms with van der Waals surface area (Å²) >= 11 is 0. The fourth-order valence-corrected chi connectivity index (χ4v) is 1.73. The van der Waals surface area contributed by atoms with Crippen LogP contribution < -0.4 is 5.32 Å². The van der Waals surface area contributed by atoms with Crippen LogP contribution >= 0.6 is 0 Å². The van der Waals surface area contributed by atoms with Crippen LogP contribution in [0.5, 0.6) is 0 Å². The summed E-state index contributed by atoms with van der Waals surface area (Å²) in [5.74, 6) is -0.0928. The van der Waals surface area contributed by atoms with E-state index in [0.717, 1.165) is 17.3 Å². The highest BCUT2D eigenvalue weighted by molar-refractivity contribution is 5.97. The number of hydrogen-bond donors (Lipinski definition) is 2. The normalized spacial score (nSPS) is 10.2. The Balaban J connectivity index is 1.90. The highest BCUT2D eigenvalue weighted by Crippen LogP contribution is 2.14. The Morgan fingerprint density at radius 2 is 2.28 bits per heavy atom. The van der Waals surface area contributed by atoms with Gasteiger partial charge in [-0.3, -0.25) is 4.79 Å². The minimum Gasteiger partial charge on any atom is -0.502 e. The zero-order valence-corrected chi connectivity index (χ0v) is 10.1. The first-order chi connectivity index (χ1) is 8.81. The van der Waals surface area contributed by atoms with E-state index in [2.05, 4.69) is 16.9 Å². The third-order valence-electron chi connectivity index (χ3n) is 2.62. The van der Waals surface area contributed by atoms with Crippen LogP contribution in [0.15, 0.2) is 43.2 Å². The van der Waals surface area contributed by atoms with Gasteiger partial charge in [0, 0.05) is 17.4 Å². The molecule has 0 radical (unpaired) electrons. The molecular formula is C14H16N2O2. The predicted octanol–water partition coefficient (Wildman–Crippen LogP) is 2.45. The van der Waals surface area contributed by atoms with Gasteiger partial charge in [0.2, 0.25) is 0 Å². The number of nitrogens with one attached hydrogen (secondary N) is 2. The van der Waals surface area contributed by atoms with E-state index in [-0.39, 0.29) is 5.91 Å². The summed E-state index contributed by atoms with van der Waals surface area (Å²) in [5, 5.41) is 3.87. The summed E-state index contributed by atoms with van der Waals surface area (Å²) in [5.41, 5.74) is 1.55. The van der Waals surface area contributed by atoms with Crippen LogP contribution in [0.2, 0.25) is 0 Å². The first kappa shape index (κ1) is 12.2. The third-order valence-corrected chi connectivity index (χ3v) is 2.62. The molecule has 2 aromatic rings. The molecular weight excluding hydrogens is 228 g/mol. The van der Waals surface area contributed by atoms with Gasteiger partial charge in [-0.05, 0) is 18.6 Å². The number of benzene rings is 1. The van der Waals surface area contributed by atoms with Gasteiger partial charge in [0.25, 0.3) is 5.91 Å². The molecule has 2 N–H and O–H groups in total. The van der Waals surface area contributed by atoms with E-state index < -0.39 is 0 Å². The minimum absolute atomic E-state index is 0.0928. The van der Waals surface area contributed by atoms with Crippen molar-refractivity contribution in [1.82, 2.24) is 10.3 Å². The van der Waals surface area contributed by atoms with Gasteiger partial charge in [-0.1, -0.05) is 24.8 Å². The summed E-state index contributed by atoms with van der Waals surface area (Å²) in [6, 6.07) is 9.66. The smallest absolute Gasteiger partial charge is 0.267 e. The maximum Gasteiger partial charge on any atom is 0.267 e. The van der Waals surface area contributed by atoms with E-state index in [9.17, 15) is 4.79 Å². The molecule has 0 spiro atoms. The summed E-state index contributed by atoms with van der Waals surface area (Å²) in [6.45, 7) is 4.60. The van der Waals surface area contributed by atoms with Crippen molar-refractivity contribution in [1.29, 1.82) is 0 Å². The number of H-pyrrole nitrogens is 1. The largest absolute Gasteiger partial charge is 0.502 e. The predicted molar refractivity (Wildman–Crippen MR) is 71.4 cm³/mol. The number of rotatable bonds is 6. The first-order valence-corrected chi connectivity index (χ1v) is 5.90. The molecule has 0 unspecified atom stereocenters. The molecule has 2 rings (SSSR count). The van der Waals surface area contributed by atoms with E-state index in [4.69, 9.17) is 4.74 Å². The van der Waals surface area contributed by atoms with E-state index in [0.29, 0.717) is 18.8 Å². The molecule has 94 valence electrons. The Morgan fingerprint density at radius 1 is 1.44 bits per heavy atom. The molecule has 1 heterocycles. The zero-order chi connectivity index (χ0) is 12.8. The van der Waals surface area contributed by atoms with Crippen LogP contribution in [-0.4, -0.2) is 24.0 Å². The van der Waals surface area contributed by atoms with E-state index in [1.807, 2.05) is 30.3 Å². The second-order valence-electron chi connectivity index (χ2n) is 3.92. The Bertz CT molecular complexity index is 512. The van der Waals surface area contributed by atoms with Gasteiger partial charge in [0.1, 0.15) is 5.69 Å². The van der Waals surface area contributed by atoms with Crippen molar-refractivity contribution in [3.8, 4) is 0 Å². The van der Waals surface area contributed by atoms with Gasteiger partial charge < -0.3 is 15.0 Å². The maximum absolute atomic E-state index is 11.8. The van der Waals surface area contributed by atoms with Crippen molar-refractivity contribution in [3.63, 3.8) is 0 Å². The van der Waals surface area contributed by atoms with Gasteiger partial charge >= 0.3 is 0 Å². The van der Waals surface area contributed by atoms with Crippen LogP contribution in [0.1, 0.15) is 16.9 Å². The minimum atomic E-state index is -0.0928. The van der Waals surface area contributed by atoms with Crippen LogP contribution in [0.3, 0.4) is 0 Å². The maximum atomic E-state index is 11.8. The van der Waals surface area contributed by atoms with Crippen molar-refractivity contribution in [2.45, 2.75) is 6.42 Å². The third kappa shape index (κ3) is 2.91. The molecule has 0 aliphatic carbocycles. The molecule has 0 fully saturated rings. The van der Waals surface area contributed by atoms with Crippen molar-refractivity contribution in [3.05, 3.63) is 48.9 Å². The number of amides is 1. The zero-order valence-electron chi connectivity index (χ0n) is 10.1. The summed E-state index contributed by atoms with van der Waals surface area (Å²) in [6.07, 6.45) is 2.16. The average molecular weight is 244 g/mol. The Labute approximate surface area is 106 Å². The van der Waals surface area contributed by atoms with Crippen LogP contribution in [0.25, 0.3) is 10.9 Å². The molecule has 18 heavy (non-hydrogen) atoms. The lowest BCUT2D eigenvalue weighted by molar-refractivity contribution is 0.0946. The highest BCUT2D eigenvalue weighted by atomic mass is 16.5. The van der Waals surface area contributed by atoms with Crippen molar-refractivity contribution >= 4 is 16.8 Å². The standard InChI is InChI=1S/C14H16N2O2/c1-2-18-9-5-8-15-14(17)13-10-11-6-3-4-7-12(11)16-13/h2-4,6-7,10,16H,1,5,8-9H2,(H,15,17). The molecule has 0 aliphatic heterocycles. The molecule has 1 aromatic carbocycles. The highest BCUT2D eigenvalue weighted by Gasteiger charge is 2.07. The van der Waals surface area contributed by atoms with E-state index in [1.165, 1.54) is 6.26 Å². The first-order valence-electron chi connectivity index (χ1n) is 5.90. The lowest BCUT2D eigenvalue weighted by Crippen LogP contribution is -2.25. The number of fused-ring (bicyclic) bond motifs is 1. The molecule has 1 aromatic heterocycles. The van der Waals surface area contributed by atoms with E-state index in [1.54, 1.807) is 0 Å². The molecule has 1 amide bonds. The van der Waals surface area contributed by atoms with Crippen molar-refractivity contribution in [2.75, 3.05) is 13.2 Å². The molecule has 0 saturated heterocycles. The number of aromatic nitrogens is 1. The number of para-hydroxylation sites is 1. The van der Waals surface area contributed by atoms with Crippen LogP contribution in [0.4, 0.5) is 0 Å². The van der Waals surface area contributed by atoms with Crippen molar-refractivity contribution < 1.29 is 9.53 Å². The summed E-state index contributed by atoms with van der Waals surface area (Å²) < 4.78 is 4.97. The van der Waals surface area contributed by atoms with Crippen LogP contribution in [0, 0.1) is 0 Å². The second-order valence-corrected chi connectivity index (χ2v) is 3.92. The van der Waals surface area contributed by atoms with E-state index >= 15 is 0 Å². The molecule has 4 heteroatoms. The molecule has 0 atom stereocenters. The molecule has 4 nitrogen and oxygen atoms in total. The fraction of sp³-hybridized carbons (Fsp3) is 0.214. The second kappa shape index (κ2) is 5.91. The fourth-order valence-electron chi connectivity index (χ4n) is 1.73. The number of hydrogen-bond acceptors (Lipinski definition) is 2. The SMILES string of the molecule is C=COCCCNC(=O)c1cc2ccccc2[nH]1. The number of ether oxygens (including phenoxy) is 1. The lowest BCUT2D eigenvalue weighted by Gasteiger charge is -2.03. The van der Waals surface area contributed by atoms with Crippen LogP contribution in [-0.2, 0) is 4.74 Å². The monoisotopic (exact) mass is 244 g/mol. The Hall–Kier alpha value is -2.23. The van der Waals surface area contributed by atoms with Gasteiger partial charge in [-0.25, -0.2) is 0 Å². The molecule has 0 aliphatic rings. The molecule has 0 saturated carbocycles. The van der Waals surface area contributed by atoms with Gasteiger partial charge in [0.15, 0.2) is 0 Å². The topological polar surface area (TPSA) is 54.1 Å². The van der Waals surface area contributed by atoms with Gasteiger partial charge in [-0.15, -0.1) is 0 Å². The van der Waals surface area contributed by atoms with Gasteiger partial charge in [0.05, 0.1) is 12.9 Å². The number of carbonyl (C=O) groups excluding carboxylic acids is 1. The lowest BCUT2D eigenvalue weighted by atomic mass is 10.2. The van der Waals surface area contributed by atoms with Gasteiger partial charge in [-0.2, -0.15) is 0 Å². The quantitative estimate of drug-likeness (QED) is 0.605. The van der Waals surface area contributed by atoms with Crippen molar-refractivity contribution in [2.24, 2.45) is 0 Å².